The number of ether oxygens (including phenoxy) is 3. The molecular weight excluding hydrogens is 285 g/mol. The molecule has 0 unspecified atom stereocenters. The molecule has 1 aromatic heterocycles. The van der Waals surface area contributed by atoms with Gasteiger partial charge in [-0.2, -0.15) is 0 Å². The van der Waals surface area contributed by atoms with E-state index in [0.717, 1.165) is 5.69 Å². The van der Waals surface area contributed by atoms with Gasteiger partial charge in [-0.3, -0.25) is 0 Å². The van der Waals surface area contributed by atoms with E-state index in [1.807, 2.05) is 20.8 Å². The number of methoxy groups -OCH3 is 1. The summed E-state index contributed by atoms with van der Waals surface area (Å²) in [6, 6.07) is 0. The fourth-order valence-electron chi connectivity index (χ4n) is 1.45. The molecule has 0 aliphatic heterocycles. The van der Waals surface area contributed by atoms with Gasteiger partial charge in [-0.25, -0.2) is 9.97 Å². The van der Waals surface area contributed by atoms with Crippen LogP contribution in [-0.4, -0.2) is 78.1 Å². The fourth-order valence-corrected chi connectivity index (χ4v) is 1.45. The molecule has 114 valence electrons. The molecule has 0 aliphatic carbocycles. The number of aromatic nitrogens is 2. The Kier molecular flexibility index (Phi) is 9.72. The molecule has 7 nitrogen and oxygen atoms in total. The van der Waals surface area contributed by atoms with Crippen molar-refractivity contribution in [3.8, 4) is 5.75 Å². The van der Waals surface area contributed by atoms with Gasteiger partial charge in [0.2, 0.25) is 0 Å². The molecule has 0 amide bonds. The summed E-state index contributed by atoms with van der Waals surface area (Å²) >= 11 is 0. The van der Waals surface area contributed by atoms with Crippen LogP contribution >= 0.6 is 0 Å². The van der Waals surface area contributed by atoms with Gasteiger partial charge in [-0.05, 0) is 0 Å². The van der Waals surface area contributed by atoms with E-state index < -0.39 is 0 Å². The second kappa shape index (κ2) is 10.1. The number of hydrogen-bond acceptors (Lipinski definition) is 7. The average molecular weight is 307 g/mol. The molecule has 0 saturated carbocycles. The maximum absolute atomic E-state index is 8.53. The van der Waals surface area contributed by atoms with Gasteiger partial charge in [-0.1, -0.05) is 25.9 Å². The van der Waals surface area contributed by atoms with Crippen molar-refractivity contribution >= 4 is 35.8 Å². The van der Waals surface area contributed by atoms with E-state index in [0.29, 0.717) is 24.8 Å². The third kappa shape index (κ3) is 7.19. The van der Waals surface area contributed by atoms with Crippen molar-refractivity contribution in [3.05, 3.63) is 17.7 Å². The van der Waals surface area contributed by atoms with E-state index in [9.17, 15) is 0 Å². The van der Waals surface area contributed by atoms with Gasteiger partial charge in [0, 0.05) is 12.5 Å². The van der Waals surface area contributed by atoms with Crippen LogP contribution < -0.4 is 4.74 Å². The van der Waals surface area contributed by atoms with E-state index in [4.69, 9.17) is 19.4 Å². The van der Waals surface area contributed by atoms with Gasteiger partial charge in [-0.15, -0.1) is 0 Å². The Morgan fingerprint density at radius 3 is 2.62 bits per heavy atom. The summed E-state index contributed by atoms with van der Waals surface area (Å²) in [5.74, 6) is 0.870. The van der Waals surface area contributed by atoms with Crippen LogP contribution in [0.3, 0.4) is 0 Å². The first-order valence-corrected chi connectivity index (χ1v) is 6.23. The van der Waals surface area contributed by atoms with Gasteiger partial charge < -0.3 is 19.4 Å². The summed E-state index contributed by atoms with van der Waals surface area (Å²) in [6.45, 7) is 7.09. The zero-order valence-electron chi connectivity index (χ0n) is 12.3. The summed E-state index contributed by atoms with van der Waals surface area (Å²) in [5, 5.41) is 11.5. The zero-order chi connectivity index (χ0) is 15.0. The van der Waals surface area contributed by atoms with E-state index in [2.05, 4.69) is 15.1 Å². The van der Waals surface area contributed by atoms with Crippen LogP contribution in [-0.2, 0) is 14.9 Å². The molecule has 0 aromatic carbocycles. The summed E-state index contributed by atoms with van der Waals surface area (Å²) < 4.78 is 15.7. The van der Waals surface area contributed by atoms with Crippen molar-refractivity contribution in [1.82, 2.24) is 9.97 Å². The molecule has 21 heavy (non-hydrogen) atoms. The Labute approximate surface area is 147 Å². The molecular formula is C13H22N3NaO4. The minimum absolute atomic E-state index is 0. The Morgan fingerprint density at radius 2 is 2.05 bits per heavy atom. The summed E-state index contributed by atoms with van der Waals surface area (Å²) in [5.41, 5.74) is 0.487. The standard InChI is InChI=1S/C13H21N3O4.Na.H/c1-13(2,3)12-10(20-9-19-6-5-18-4)7-14-11(16-12)8-15-17;;/h7-8,17H,5-6,9H2,1-4H3;;. The molecule has 1 aromatic rings. The Hall–Kier alpha value is -0.730. The van der Waals surface area contributed by atoms with E-state index in [-0.39, 0.29) is 41.8 Å². The van der Waals surface area contributed by atoms with Crippen LogP contribution in [0.4, 0.5) is 0 Å². The van der Waals surface area contributed by atoms with Crippen molar-refractivity contribution in [1.29, 1.82) is 0 Å². The maximum atomic E-state index is 8.53. The summed E-state index contributed by atoms with van der Waals surface area (Å²) in [6.07, 6.45) is 2.72. The predicted octanol–water partition coefficient (Wildman–Crippen LogP) is 0.933. The Balaban J connectivity index is 0.00000400. The molecule has 0 bridgehead atoms. The zero-order valence-corrected chi connectivity index (χ0v) is 12.3. The third-order valence-electron chi connectivity index (χ3n) is 2.39. The second-order valence-corrected chi connectivity index (χ2v) is 5.10. The van der Waals surface area contributed by atoms with Gasteiger partial charge in [0.1, 0.15) is 6.21 Å². The number of oxime groups is 1. The molecule has 8 heteroatoms. The Bertz CT molecular complexity index is 450. The van der Waals surface area contributed by atoms with Crippen LogP contribution in [0.5, 0.6) is 5.75 Å². The third-order valence-corrected chi connectivity index (χ3v) is 2.39. The van der Waals surface area contributed by atoms with Crippen LogP contribution in [0.2, 0.25) is 0 Å². The van der Waals surface area contributed by atoms with Crippen molar-refractivity contribution in [3.63, 3.8) is 0 Å². The first-order chi connectivity index (χ1) is 9.49. The van der Waals surface area contributed by atoms with E-state index >= 15 is 0 Å². The van der Waals surface area contributed by atoms with Crippen LogP contribution in [0, 0.1) is 0 Å². The van der Waals surface area contributed by atoms with Crippen molar-refractivity contribution in [2.24, 2.45) is 5.16 Å². The summed E-state index contributed by atoms with van der Waals surface area (Å²) in [4.78, 5) is 8.36. The number of nitrogens with zero attached hydrogens (tertiary/aromatic N) is 3. The van der Waals surface area contributed by atoms with Crippen molar-refractivity contribution in [2.75, 3.05) is 27.1 Å². The van der Waals surface area contributed by atoms with Crippen molar-refractivity contribution in [2.45, 2.75) is 26.2 Å². The first-order valence-electron chi connectivity index (χ1n) is 6.23. The topological polar surface area (TPSA) is 86.1 Å². The van der Waals surface area contributed by atoms with Crippen LogP contribution in [0.25, 0.3) is 0 Å². The molecule has 0 saturated heterocycles. The molecule has 1 heterocycles. The summed E-state index contributed by atoms with van der Waals surface area (Å²) in [7, 11) is 1.61. The van der Waals surface area contributed by atoms with Gasteiger partial charge in [0.15, 0.2) is 18.4 Å². The Morgan fingerprint density at radius 1 is 1.33 bits per heavy atom. The molecule has 1 rings (SSSR count). The molecule has 1 N–H and O–H groups in total. The molecule has 0 fully saturated rings. The average Bonchev–Trinajstić information content (AvgIpc) is 2.39. The predicted molar refractivity (Wildman–Crippen MR) is 80.6 cm³/mol. The number of rotatable bonds is 7. The van der Waals surface area contributed by atoms with Crippen LogP contribution in [0.15, 0.2) is 11.4 Å². The van der Waals surface area contributed by atoms with Gasteiger partial charge in [0.25, 0.3) is 0 Å². The molecule has 0 spiro atoms. The SMILES string of the molecule is COCCOCOc1cnc(C=NO)nc1C(C)(C)C.[NaH]. The molecule has 0 radical (unpaired) electrons. The van der Waals surface area contributed by atoms with Crippen molar-refractivity contribution < 1.29 is 19.4 Å². The quantitative estimate of drug-likeness (QED) is 0.201. The van der Waals surface area contributed by atoms with E-state index in [1.54, 1.807) is 13.3 Å². The normalized spacial score (nSPS) is 11.4. The molecule has 0 aliphatic rings. The minimum atomic E-state index is -0.233. The molecule has 0 atom stereocenters. The number of hydrogen-bond donors (Lipinski definition) is 1. The van der Waals surface area contributed by atoms with E-state index in [1.165, 1.54) is 6.21 Å². The van der Waals surface area contributed by atoms with Crippen LogP contribution in [0.1, 0.15) is 32.3 Å². The van der Waals surface area contributed by atoms with Gasteiger partial charge in [0.05, 0.1) is 25.1 Å². The second-order valence-electron chi connectivity index (χ2n) is 5.10. The first kappa shape index (κ1) is 20.3. The fraction of sp³-hybridized carbons (Fsp3) is 0.615. The monoisotopic (exact) mass is 307 g/mol. The van der Waals surface area contributed by atoms with Gasteiger partial charge >= 0.3 is 29.6 Å².